The molecule has 92 valence electrons. The molecule has 1 aromatic rings. The van der Waals surface area contributed by atoms with Gasteiger partial charge in [-0.05, 0) is 31.9 Å². The molecule has 2 nitrogen and oxygen atoms in total. The van der Waals surface area contributed by atoms with Crippen LogP contribution in [0.5, 0.6) is 0 Å². The summed E-state index contributed by atoms with van der Waals surface area (Å²) < 4.78 is 28.4. The van der Waals surface area contributed by atoms with Crippen LogP contribution in [0.25, 0.3) is 0 Å². The van der Waals surface area contributed by atoms with Gasteiger partial charge in [-0.25, -0.2) is 8.78 Å². The molecule has 1 heterocycles. The molecule has 0 aliphatic heterocycles. The number of thiophene rings is 1. The third-order valence-electron chi connectivity index (χ3n) is 2.23. The van der Waals surface area contributed by atoms with Crippen LogP contribution in [0, 0.1) is 13.8 Å². The highest BCUT2D eigenvalue weighted by Crippen LogP contribution is 2.27. The second-order valence-corrected chi connectivity index (χ2v) is 5.05. The minimum absolute atomic E-state index is 0.114. The first kappa shape index (κ1) is 13.5. The Bertz CT molecular complexity index is 328. The highest BCUT2D eigenvalue weighted by molar-refractivity contribution is 7.12. The van der Waals surface area contributed by atoms with Gasteiger partial charge in [0.25, 0.3) is 6.43 Å². The van der Waals surface area contributed by atoms with Gasteiger partial charge in [-0.15, -0.1) is 11.3 Å². The first-order valence-electron chi connectivity index (χ1n) is 5.19. The summed E-state index contributed by atoms with van der Waals surface area (Å²) in [5.41, 5.74) is 7.14. The lowest BCUT2D eigenvalue weighted by Crippen LogP contribution is -2.14. The van der Waals surface area contributed by atoms with Crippen molar-refractivity contribution < 1.29 is 13.5 Å². The highest BCUT2D eigenvalue weighted by atomic mass is 32.1. The average molecular weight is 249 g/mol. The summed E-state index contributed by atoms with van der Waals surface area (Å²) in [6.45, 7) is 3.82. The monoisotopic (exact) mass is 249 g/mol. The summed E-state index contributed by atoms with van der Waals surface area (Å²) in [6.07, 6.45) is -1.82. The van der Waals surface area contributed by atoms with E-state index in [9.17, 15) is 8.78 Å². The van der Waals surface area contributed by atoms with Gasteiger partial charge in [-0.2, -0.15) is 0 Å². The van der Waals surface area contributed by atoms with E-state index in [4.69, 9.17) is 10.5 Å². The van der Waals surface area contributed by atoms with E-state index in [2.05, 4.69) is 6.07 Å². The minimum atomic E-state index is -2.40. The first-order valence-corrected chi connectivity index (χ1v) is 6.00. The molecule has 0 amide bonds. The first-order chi connectivity index (χ1) is 7.50. The third kappa shape index (κ3) is 4.15. The molecule has 0 aromatic carbocycles. The largest absolute Gasteiger partial charge is 0.375 e. The molecule has 0 aliphatic rings. The van der Waals surface area contributed by atoms with Crippen molar-refractivity contribution in [1.29, 1.82) is 0 Å². The number of hydrogen-bond donors (Lipinski definition) is 1. The number of ether oxygens (including phenoxy) is 1. The van der Waals surface area contributed by atoms with Crippen LogP contribution < -0.4 is 5.73 Å². The van der Waals surface area contributed by atoms with Gasteiger partial charge in [0, 0.05) is 22.4 Å². The van der Waals surface area contributed by atoms with Gasteiger partial charge in [0.15, 0.2) is 0 Å². The average Bonchev–Trinajstić information content (AvgIpc) is 2.52. The van der Waals surface area contributed by atoms with Crippen LogP contribution >= 0.6 is 11.3 Å². The molecule has 2 N–H and O–H groups in total. The molecule has 0 saturated heterocycles. The van der Waals surface area contributed by atoms with Crippen LogP contribution in [-0.4, -0.2) is 19.6 Å². The molecule has 1 aromatic heterocycles. The molecule has 16 heavy (non-hydrogen) atoms. The number of aryl methyl sites for hydroxylation is 2. The van der Waals surface area contributed by atoms with E-state index in [-0.39, 0.29) is 12.6 Å². The van der Waals surface area contributed by atoms with Crippen molar-refractivity contribution in [2.75, 3.05) is 13.2 Å². The van der Waals surface area contributed by atoms with Crippen molar-refractivity contribution in [3.63, 3.8) is 0 Å². The Morgan fingerprint density at radius 1 is 1.44 bits per heavy atom. The molecular formula is C11H17F2NOS. The van der Waals surface area contributed by atoms with Crippen LogP contribution in [-0.2, 0) is 4.74 Å². The zero-order valence-corrected chi connectivity index (χ0v) is 10.3. The van der Waals surface area contributed by atoms with Gasteiger partial charge in [0.2, 0.25) is 0 Å². The van der Waals surface area contributed by atoms with Crippen molar-refractivity contribution >= 4 is 11.3 Å². The Labute approximate surface area is 98.4 Å². The van der Waals surface area contributed by atoms with E-state index < -0.39 is 13.0 Å². The van der Waals surface area contributed by atoms with E-state index in [1.165, 1.54) is 10.4 Å². The number of alkyl halides is 2. The van der Waals surface area contributed by atoms with Crippen LogP contribution in [0.1, 0.15) is 27.8 Å². The predicted octanol–water partition coefficient (Wildman–Crippen LogP) is 3.04. The van der Waals surface area contributed by atoms with Crippen molar-refractivity contribution in [1.82, 2.24) is 0 Å². The Balaban J connectivity index is 2.35. The van der Waals surface area contributed by atoms with Crippen LogP contribution in [0.15, 0.2) is 6.07 Å². The zero-order chi connectivity index (χ0) is 12.1. The van der Waals surface area contributed by atoms with Gasteiger partial charge in [-0.1, -0.05) is 0 Å². The lowest BCUT2D eigenvalue weighted by Gasteiger charge is -2.11. The summed E-state index contributed by atoms with van der Waals surface area (Å²) in [6, 6.07) is 1.97. The van der Waals surface area contributed by atoms with E-state index in [1.807, 2.05) is 13.8 Å². The van der Waals surface area contributed by atoms with Crippen LogP contribution in [0.2, 0.25) is 0 Å². The Hall–Kier alpha value is -0.520. The predicted molar refractivity (Wildman–Crippen MR) is 62.2 cm³/mol. The lowest BCUT2D eigenvalue weighted by atomic mass is 10.1. The normalized spacial score (nSPS) is 13.4. The quantitative estimate of drug-likeness (QED) is 0.786. The smallest absolute Gasteiger partial charge is 0.261 e. The fraction of sp³-hybridized carbons (Fsp3) is 0.636. The fourth-order valence-electron chi connectivity index (χ4n) is 1.54. The molecule has 0 bridgehead atoms. The summed E-state index contributed by atoms with van der Waals surface area (Å²) >= 11 is 1.66. The highest BCUT2D eigenvalue weighted by Gasteiger charge is 2.12. The topological polar surface area (TPSA) is 35.2 Å². The second kappa shape index (κ2) is 6.27. The number of halogens is 2. The summed E-state index contributed by atoms with van der Waals surface area (Å²) in [5, 5.41) is 0. The third-order valence-corrected chi connectivity index (χ3v) is 3.52. The van der Waals surface area contributed by atoms with E-state index in [0.717, 1.165) is 4.88 Å². The maximum atomic E-state index is 11.8. The maximum absolute atomic E-state index is 11.8. The van der Waals surface area contributed by atoms with Crippen molar-refractivity contribution in [3.8, 4) is 0 Å². The van der Waals surface area contributed by atoms with Crippen molar-refractivity contribution in [2.24, 2.45) is 5.73 Å². The summed E-state index contributed by atoms with van der Waals surface area (Å²) in [4.78, 5) is 2.34. The van der Waals surface area contributed by atoms with E-state index >= 15 is 0 Å². The standard InChI is InChI=1S/C11H17F2NOS/c1-7-5-8(2)16-11(7)9(14)3-4-15-6-10(12)13/h5,9-10H,3-4,6,14H2,1-2H3. The molecular weight excluding hydrogens is 232 g/mol. The molecule has 0 radical (unpaired) electrons. The molecule has 1 rings (SSSR count). The second-order valence-electron chi connectivity index (χ2n) is 3.77. The molecule has 0 spiro atoms. The van der Waals surface area contributed by atoms with Crippen LogP contribution in [0.4, 0.5) is 8.78 Å². The number of rotatable bonds is 6. The molecule has 1 unspecified atom stereocenters. The van der Waals surface area contributed by atoms with Crippen molar-refractivity contribution in [3.05, 3.63) is 21.4 Å². The van der Waals surface area contributed by atoms with Gasteiger partial charge < -0.3 is 10.5 Å². The SMILES string of the molecule is Cc1cc(C)c(C(N)CCOCC(F)F)s1. The lowest BCUT2D eigenvalue weighted by molar-refractivity contribution is 0.0153. The van der Waals surface area contributed by atoms with Crippen molar-refractivity contribution in [2.45, 2.75) is 32.7 Å². The Morgan fingerprint density at radius 2 is 2.12 bits per heavy atom. The number of hydrogen-bond acceptors (Lipinski definition) is 3. The molecule has 1 atom stereocenters. The molecule has 0 fully saturated rings. The summed E-state index contributed by atoms with van der Waals surface area (Å²) in [7, 11) is 0. The van der Waals surface area contributed by atoms with E-state index in [1.54, 1.807) is 11.3 Å². The Kier molecular flexibility index (Phi) is 5.31. The summed E-state index contributed by atoms with van der Waals surface area (Å²) in [5.74, 6) is 0. The maximum Gasteiger partial charge on any atom is 0.261 e. The number of nitrogens with two attached hydrogens (primary N) is 1. The molecule has 0 saturated carbocycles. The zero-order valence-electron chi connectivity index (χ0n) is 9.50. The Morgan fingerprint density at radius 3 is 2.62 bits per heavy atom. The minimum Gasteiger partial charge on any atom is -0.375 e. The van der Waals surface area contributed by atoms with Gasteiger partial charge in [-0.3, -0.25) is 0 Å². The van der Waals surface area contributed by atoms with Gasteiger partial charge in [0.1, 0.15) is 6.61 Å². The van der Waals surface area contributed by atoms with Gasteiger partial charge in [0.05, 0.1) is 0 Å². The van der Waals surface area contributed by atoms with Crippen LogP contribution in [0.3, 0.4) is 0 Å². The van der Waals surface area contributed by atoms with E-state index in [0.29, 0.717) is 6.42 Å². The fourth-order valence-corrected chi connectivity index (χ4v) is 2.61. The van der Waals surface area contributed by atoms with Gasteiger partial charge >= 0.3 is 0 Å². The molecule has 0 aliphatic carbocycles. The molecule has 5 heteroatoms.